The molecule has 140 valence electrons. The molecule has 0 rings (SSSR count). The molecule has 0 amide bonds. The summed E-state index contributed by atoms with van der Waals surface area (Å²) in [4.78, 5) is 9.87. The molecular weight excluding hydrogens is 320 g/mol. The van der Waals surface area contributed by atoms with Crippen LogP contribution in [0.25, 0.3) is 0 Å². The Balaban J connectivity index is 0. The van der Waals surface area contributed by atoms with Gasteiger partial charge in [-0.15, -0.1) is 0 Å². The molecule has 0 aliphatic rings. The average molecular weight is 346 g/mol. The zero-order valence-corrected chi connectivity index (χ0v) is 12.5. The molecule has 0 aromatic carbocycles. The van der Waals surface area contributed by atoms with Crippen molar-refractivity contribution in [3.8, 4) is 0 Å². The fraction of sp³-hybridized carbons (Fsp3) is 0.917. The van der Waals surface area contributed by atoms with Crippen LogP contribution in [-0.2, 0) is 4.79 Å². The van der Waals surface area contributed by atoms with Crippen molar-refractivity contribution in [2.45, 2.75) is 55.8 Å². The molecule has 0 saturated carbocycles. The van der Waals surface area contributed by atoms with Crippen molar-refractivity contribution < 1.29 is 55.9 Å². The third kappa shape index (κ3) is 9.22. The van der Waals surface area contributed by atoms with E-state index in [9.17, 15) is 4.79 Å². The second kappa shape index (κ2) is 12.7. The first-order chi connectivity index (χ1) is 10.5. The van der Waals surface area contributed by atoms with Crippen molar-refractivity contribution in [3.05, 3.63) is 0 Å². The standard InChI is InChI=1S/C6H14O6.C6H12O5/c7-1-3(9)5(11)6(12)4(10)2-8;1-3(8)5(10)6(11)4(9)2-7/h3-12H,1-2H2;2-6,8-11H,1H3/t3-,4+,5-,6-;3-,4+,5+,6-/m10/s1. The van der Waals surface area contributed by atoms with E-state index in [0.717, 1.165) is 0 Å². The first kappa shape index (κ1) is 24.5. The van der Waals surface area contributed by atoms with Crippen LogP contribution in [0, 0.1) is 0 Å². The van der Waals surface area contributed by atoms with E-state index >= 15 is 0 Å². The van der Waals surface area contributed by atoms with Crippen molar-refractivity contribution in [3.63, 3.8) is 0 Å². The number of hydrogen-bond donors (Lipinski definition) is 10. The summed E-state index contributed by atoms with van der Waals surface area (Å²) in [5.74, 6) is 0. The van der Waals surface area contributed by atoms with Crippen LogP contribution in [0.3, 0.4) is 0 Å². The van der Waals surface area contributed by atoms with Crippen molar-refractivity contribution in [2.24, 2.45) is 0 Å². The van der Waals surface area contributed by atoms with Crippen LogP contribution in [0.1, 0.15) is 6.92 Å². The third-order valence-corrected chi connectivity index (χ3v) is 2.85. The minimum atomic E-state index is -1.67. The summed E-state index contributed by atoms with van der Waals surface area (Å²) in [6.45, 7) is -0.210. The van der Waals surface area contributed by atoms with Crippen LogP contribution in [0.2, 0.25) is 0 Å². The van der Waals surface area contributed by atoms with Gasteiger partial charge >= 0.3 is 0 Å². The van der Waals surface area contributed by atoms with Gasteiger partial charge in [-0.3, -0.25) is 0 Å². The minimum Gasteiger partial charge on any atom is -0.394 e. The normalized spacial score (nSPS) is 21.7. The molecule has 0 saturated heterocycles. The summed E-state index contributed by atoms with van der Waals surface area (Å²) in [7, 11) is 0. The molecule has 0 aromatic heterocycles. The zero-order chi connectivity index (χ0) is 18.7. The van der Waals surface area contributed by atoms with E-state index in [1.807, 2.05) is 0 Å². The summed E-state index contributed by atoms with van der Waals surface area (Å²) in [5.41, 5.74) is 0. The van der Waals surface area contributed by atoms with Crippen LogP contribution in [0.15, 0.2) is 0 Å². The number of carbonyl (C=O) groups excluding carboxylic acids is 1. The lowest BCUT2D eigenvalue weighted by Crippen LogP contribution is -2.46. The Morgan fingerprint density at radius 3 is 1.26 bits per heavy atom. The molecule has 11 heteroatoms. The van der Waals surface area contributed by atoms with E-state index in [1.165, 1.54) is 6.92 Å². The monoisotopic (exact) mass is 346 g/mol. The van der Waals surface area contributed by atoms with Gasteiger partial charge in [0.1, 0.15) is 42.7 Å². The van der Waals surface area contributed by atoms with Gasteiger partial charge in [0.2, 0.25) is 0 Å². The molecule has 0 aromatic rings. The first-order valence-corrected chi connectivity index (χ1v) is 6.66. The molecule has 0 aliphatic heterocycles. The van der Waals surface area contributed by atoms with Gasteiger partial charge in [0.15, 0.2) is 6.29 Å². The topological polar surface area (TPSA) is 219 Å². The lowest BCUT2D eigenvalue weighted by atomic mass is 10.0. The zero-order valence-electron chi connectivity index (χ0n) is 12.5. The fourth-order valence-electron chi connectivity index (χ4n) is 1.24. The first-order valence-electron chi connectivity index (χ1n) is 6.66. The van der Waals surface area contributed by atoms with E-state index in [1.54, 1.807) is 0 Å². The predicted octanol–water partition coefficient (Wildman–Crippen LogP) is -5.94. The van der Waals surface area contributed by atoms with E-state index in [0.29, 0.717) is 0 Å². The summed E-state index contributed by atoms with van der Waals surface area (Å²) in [6.07, 6.45) is -12.3. The number of aliphatic hydroxyl groups excluding tert-OH is 10. The highest BCUT2D eigenvalue weighted by molar-refractivity contribution is 5.56. The van der Waals surface area contributed by atoms with E-state index in [2.05, 4.69) is 0 Å². The van der Waals surface area contributed by atoms with Crippen LogP contribution >= 0.6 is 0 Å². The highest BCUT2D eigenvalue weighted by Gasteiger charge is 2.29. The Hall–Kier alpha value is -0.730. The van der Waals surface area contributed by atoms with Crippen molar-refractivity contribution in [1.82, 2.24) is 0 Å². The Morgan fingerprint density at radius 1 is 0.696 bits per heavy atom. The van der Waals surface area contributed by atoms with Crippen molar-refractivity contribution >= 4 is 6.29 Å². The highest BCUT2D eigenvalue weighted by atomic mass is 16.4. The van der Waals surface area contributed by atoms with Gasteiger partial charge in [0.05, 0.1) is 19.3 Å². The van der Waals surface area contributed by atoms with Crippen LogP contribution in [0.5, 0.6) is 0 Å². The van der Waals surface area contributed by atoms with Gasteiger partial charge < -0.3 is 55.9 Å². The van der Waals surface area contributed by atoms with Gasteiger partial charge in [-0.1, -0.05) is 0 Å². The van der Waals surface area contributed by atoms with E-state index in [4.69, 9.17) is 51.1 Å². The molecule has 0 heterocycles. The Bertz CT molecular complexity index is 287. The summed E-state index contributed by atoms with van der Waals surface area (Å²) < 4.78 is 0. The average Bonchev–Trinajstić information content (AvgIpc) is 2.56. The second-order valence-corrected chi connectivity index (χ2v) is 4.83. The maximum Gasteiger partial charge on any atom is 0.151 e. The molecule has 0 aliphatic carbocycles. The Kier molecular flexibility index (Phi) is 13.5. The molecule has 11 nitrogen and oxygen atoms in total. The quantitative estimate of drug-likeness (QED) is 0.177. The molecular formula is C12H26O11. The molecule has 0 bridgehead atoms. The predicted molar refractivity (Wildman–Crippen MR) is 74.0 cm³/mol. The number of aldehydes is 1. The third-order valence-electron chi connectivity index (χ3n) is 2.85. The lowest BCUT2D eigenvalue weighted by molar-refractivity contribution is -0.132. The smallest absolute Gasteiger partial charge is 0.151 e. The molecule has 0 unspecified atom stereocenters. The second-order valence-electron chi connectivity index (χ2n) is 4.83. The number of rotatable bonds is 9. The maximum absolute atomic E-state index is 9.87. The van der Waals surface area contributed by atoms with Gasteiger partial charge in [0, 0.05) is 0 Å². The van der Waals surface area contributed by atoms with Gasteiger partial charge in [-0.05, 0) is 6.92 Å². The molecule has 0 fully saturated rings. The molecule has 0 radical (unpaired) electrons. The summed E-state index contributed by atoms with van der Waals surface area (Å²) >= 11 is 0. The summed E-state index contributed by atoms with van der Waals surface area (Å²) in [5, 5.41) is 87.3. The molecule has 8 atom stereocenters. The van der Waals surface area contributed by atoms with E-state index in [-0.39, 0.29) is 6.29 Å². The number of aliphatic hydroxyl groups is 10. The van der Waals surface area contributed by atoms with Crippen LogP contribution in [0.4, 0.5) is 0 Å². The molecule has 0 spiro atoms. The van der Waals surface area contributed by atoms with Crippen LogP contribution < -0.4 is 0 Å². The van der Waals surface area contributed by atoms with Crippen molar-refractivity contribution in [2.75, 3.05) is 13.2 Å². The Morgan fingerprint density at radius 2 is 1.04 bits per heavy atom. The van der Waals surface area contributed by atoms with Gasteiger partial charge in [-0.2, -0.15) is 0 Å². The molecule has 23 heavy (non-hydrogen) atoms. The van der Waals surface area contributed by atoms with Gasteiger partial charge in [-0.25, -0.2) is 0 Å². The number of carbonyl (C=O) groups is 1. The molecule has 10 N–H and O–H groups in total. The number of hydrogen-bond acceptors (Lipinski definition) is 11. The lowest BCUT2D eigenvalue weighted by Gasteiger charge is -2.24. The fourth-order valence-corrected chi connectivity index (χ4v) is 1.24. The largest absolute Gasteiger partial charge is 0.394 e. The van der Waals surface area contributed by atoms with Gasteiger partial charge in [0.25, 0.3) is 0 Å². The SMILES string of the molecule is C[C@H](O)[C@@H](O)[C@@H](O)[C@H](O)C=O.OC[C@@H](O)[C@@H](O)[C@H](O)[C@@H](O)CO. The van der Waals surface area contributed by atoms with Crippen LogP contribution in [-0.4, -0.2) is 119 Å². The van der Waals surface area contributed by atoms with Crippen molar-refractivity contribution in [1.29, 1.82) is 0 Å². The maximum atomic E-state index is 9.87. The highest BCUT2D eigenvalue weighted by Crippen LogP contribution is 2.04. The Labute approximate surface area is 132 Å². The minimum absolute atomic E-state index is 0.0935. The van der Waals surface area contributed by atoms with E-state index < -0.39 is 62.0 Å². The summed E-state index contributed by atoms with van der Waals surface area (Å²) in [6, 6.07) is 0.